The molecule has 0 aromatic heterocycles. The van der Waals surface area contributed by atoms with Gasteiger partial charge >= 0.3 is 0 Å². The molecule has 1 aliphatic carbocycles. The molecule has 2 nitrogen and oxygen atoms in total. The van der Waals surface area contributed by atoms with Crippen molar-refractivity contribution in [1.82, 2.24) is 5.32 Å². The first kappa shape index (κ1) is 14.9. The third kappa shape index (κ3) is 7.80. The Bertz CT molecular complexity index is 126. The number of rotatable bonds is 3. The van der Waals surface area contributed by atoms with Crippen LogP contribution in [0.25, 0.3) is 0 Å². The van der Waals surface area contributed by atoms with Gasteiger partial charge in [-0.15, -0.1) is 0 Å². The normalized spacial score (nSPS) is 26.4. The fraction of sp³-hybridized carbons (Fsp3) is 1.00. The quantitative estimate of drug-likeness (QED) is 0.709. The van der Waals surface area contributed by atoms with Crippen molar-refractivity contribution < 1.29 is 5.11 Å². The van der Waals surface area contributed by atoms with Gasteiger partial charge in [0, 0.05) is 12.6 Å². The van der Waals surface area contributed by atoms with E-state index in [1.165, 1.54) is 32.1 Å². The van der Waals surface area contributed by atoms with Crippen molar-refractivity contribution in [3.05, 3.63) is 0 Å². The van der Waals surface area contributed by atoms with Crippen molar-refractivity contribution in [2.24, 2.45) is 5.92 Å². The van der Waals surface area contributed by atoms with E-state index in [2.05, 4.69) is 26.2 Å². The Morgan fingerprint density at radius 3 is 2.33 bits per heavy atom. The zero-order valence-electron chi connectivity index (χ0n) is 10.8. The molecule has 2 atom stereocenters. The third-order valence-electron chi connectivity index (χ3n) is 3.24. The van der Waals surface area contributed by atoms with Crippen LogP contribution in [0.5, 0.6) is 0 Å². The molecular weight excluding hydrogens is 186 g/mol. The van der Waals surface area contributed by atoms with Gasteiger partial charge in [0.05, 0.1) is 0 Å². The van der Waals surface area contributed by atoms with Crippen LogP contribution in [-0.2, 0) is 0 Å². The molecule has 15 heavy (non-hydrogen) atoms. The lowest BCUT2D eigenvalue weighted by Crippen LogP contribution is -2.30. The lowest BCUT2D eigenvalue weighted by molar-refractivity contribution is 0.287. The molecule has 1 rings (SSSR count). The molecule has 0 spiro atoms. The van der Waals surface area contributed by atoms with E-state index < -0.39 is 0 Å². The van der Waals surface area contributed by atoms with Gasteiger partial charge < -0.3 is 10.4 Å². The van der Waals surface area contributed by atoms with Crippen molar-refractivity contribution >= 4 is 0 Å². The molecule has 1 saturated carbocycles. The highest BCUT2D eigenvalue weighted by molar-refractivity contribution is 4.74. The predicted molar refractivity (Wildman–Crippen MR) is 67.1 cm³/mol. The standard InChI is InChI=1S/C9H19N.C4H10O/c1-8-6-4-3-5-7-9(8)10-2;1-2-3-4-5/h8-10H,3-7H2,1-2H3;5H,2-4H2,1H3. The van der Waals surface area contributed by atoms with Crippen LogP contribution in [0.4, 0.5) is 0 Å². The van der Waals surface area contributed by atoms with Gasteiger partial charge in [-0.3, -0.25) is 0 Å². The Balaban J connectivity index is 0.000000336. The first-order chi connectivity index (χ1) is 7.26. The topological polar surface area (TPSA) is 32.3 Å². The van der Waals surface area contributed by atoms with Crippen molar-refractivity contribution in [2.45, 2.75) is 64.8 Å². The molecule has 1 fully saturated rings. The molecule has 92 valence electrons. The summed E-state index contributed by atoms with van der Waals surface area (Å²) in [6, 6.07) is 0.794. The minimum atomic E-state index is 0.344. The SMILES string of the molecule is CCCCO.CNC1CCCCCC1C. The molecular formula is C13H29NO. The second kappa shape index (κ2) is 10.4. The minimum absolute atomic E-state index is 0.344. The molecule has 0 amide bonds. The monoisotopic (exact) mass is 215 g/mol. The molecule has 2 unspecified atom stereocenters. The highest BCUT2D eigenvalue weighted by Gasteiger charge is 2.17. The second-order valence-corrected chi connectivity index (χ2v) is 4.59. The van der Waals surface area contributed by atoms with Crippen LogP contribution in [0.3, 0.4) is 0 Å². The molecule has 0 bridgehead atoms. The summed E-state index contributed by atoms with van der Waals surface area (Å²) in [6.45, 7) is 4.76. The van der Waals surface area contributed by atoms with E-state index in [1.807, 2.05) is 0 Å². The maximum Gasteiger partial charge on any atom is 0.0430 e. The number of unbranched alkanes of at least 4 members (excludes halogenated alkanes) is 1. The van der Waals surface area contributed by atoms with Crippen LogP contribution >= 0.6 is 0 Å². The third-order valence-corrected chi connectivity index (χ3v) is 3.24. The molecule has 2 N–H and O–H groups in total. The zero-order chi connectivity index (χ0) is 11.5. The fourth-order valence-electron chi connectivity index (χ4n) is 2.08. The van der Waals surface area contributed by atoms with E-state index in [0.29, 0.717) is 6.61 Å². The summed E-state index contributed by atoms with van der Waals surface area (Å²) in [5.41, 5.74) is 0. The highest BCUT2D eigenvalue weighted by Crippen LogP contribution is 2.22. The van der Waals surface area contributed by atoms with E-state index in [9.17, 15) is 0 Å². The van der Waals surface area contributed by atoms with Gasteiger partial charge in [0.1, 0.15) is 0 Å². The maximum absolute atomic E-state index is 8.07. The zero-order valence-corrected chi connectivity index (χ0v) is 10.8. The van der Waals surface area contributed by atoms with Crippen molar-refractivity contribution in [3.63, 3.8) is 0 Å². The van der Waals surface area contributed by atoms with Crippen LogP contribution in [0.15, 0.2) is 0 Å². The Hall–Kier alpha value is -0.0800. The highest BCUT2D eigenvalue weighted by atomic mass is 16.2. The van der Waals surface area contributed by atoms with Gasteiger partial charge in [-0.25, -0.2) is 0 Å². The van der Waals surface area contributed by atoms with Crippen molar-refractivity contribution in [3.8, 4) is 0 Å². The average molecular weight is 215 g/mol. The largest absolute Gasteiger partial charge is 0.396 e. The Morgan fingerprint density at radius 1 is 1.20 bits per heavy atom. The molecule has 0 aliphatic heterocycles. The van der Waals surface area contributed by atoms with Gasteiger partial charge in [0.2, 0.25) is 0 Å². The molecule has 2 heteroatoms. The number of aliphatic hydroxyl groups is 1. The summed E-state index contributed by atoms with van der Waals surface area (Å²) in [4.78, 5) is 0. The van der Waals surface area contributed by atoms with Crippen LogP contribution in [-0.4, -0.2) is 24.8 Å². The summed E-state index contributed by atoms with van der Waals surface area (Å²) < 4.78 is 0. The predicted octanol–water partition coefficient (Wildman–Crippen LogP) is 2.95. The molecule has 0 saturated heterocycles. The minimum Gasteiger partial charge on any atom is -0.396 e. The second-order valence-electron chi connectivity index (χ2n) is 4.59. The Morgan fingerprint density at radius 2 is 1.87 bits per heavy atom. The number of hydrogen-bond acceptors (Lipinski definition) is 2. The lowest BCUT2D eigenvalue weighted by atomic mass is 9.97. The molecule has 0 heterocycles. The van der Waals surface area contributed by atoms with Crippen LogP contribution in [0.1, 0.15) is 58.8 Å². The van der Waals surface area contributed by atoms with Gasteiger partial charge in [0.15, 0.2) is 0 Å². The first-order valence-corrected chi connectivity index (χ1v) is 6.54. The molecule has 1 aliphatic rings. The first-order valence-electron chi connectivity index (χ1n) is 6.54. The summed E-state index contributed by atoms with van der Waals surface area (Å²) in [7, 11) is 2.09. The van der Waals surface area contributed by atoms with E-state index in [4.69, 9.17) is 5.11 Å². The summed E-state index contributed by atoms with van der Waals surface area (Å²) >= 11 is 0. The van der Waals surface area contributed by atoms with Crippen molar-refractivity contribution in [2.75, 3.05) is 13.7 Å². The smallest absolute Gasteiger partial charge is 0.0430 e. The summed E-state index contributed by atoms with van der Waals surface area (Å²) in [6.07, 6.45) is 9.16. The molecule has 0 radical (unpaired) electrons. The summed E-state index contributed by atoms with van der Waals surface area (Å²) in [5, 5.41) is 11.5. The van der Waals surface area contributed by atoms with E-state index >= 15 is 0 Å². The van der Waals surface area contributed by atoms with Gasteiger partial charge in [-0.05, 0) is 32.2 Å². The van der Waals surface area contributed by atoms with E-state index in [-0.39, 0.29) is 0 Å². The maximum atomic E-state index is 8.07. The number of aliphatic hydroxyl groups excluding tert-OH is 1. The lowest BCUT2D eigenvalue weighted by Gasteiger charge is -2.19. The van der Waals surface area contributed by atoms with Gasteiger partial charge in [0.25, 0.3) is 0 Å². The van der Waals surface area contributed by atoms with E-state index in [0.717, 1.165) is 24.8 Å². The van der Waals surface area contributed by atoms with Crippen LogP contribution < -0.4 is 5.32 Å². The molecule has 0 aromatic rings. The van der Waals surface area contributed by atoms with Gasteiger partial charge in [-0.2, -0.15) is 0 Å². The Labute approximate surface area is 95.5 Å². The van der Waals surface area contributed by atoms with Crippen LogP contribution in [0.2, 0.25) is 0 Å². The van der Waals surface area contributed by atoms with Gasteiger partial charge in [-0.1, -0.05) is 39.5 Å². The fourth-order valence-corrected chi connectivity index (χ4v) is 2.08. The summed E-state index contributed by atoms with van der Waals surface area (Å²) in [5.74, 6) is 0.896. The van der Waals surface area contributed by atoms with E-state index in [1.54, 1.807) is 0 Å². The van der Waals surface area contributed by atoms with Crippen molar-refractivity contribution in [1.29, 1.82) is 0 Å². The average Bonchev–Trinajstić information content (AvgIpc) is 2.45. The number of nitrogens with one attached hydrogen (secondary N) is 1. The Kier molecular flexibility index (Phi) is 10.4. The molecule has 0 aromatic carbocycles. The number of hydrogen-bond donors (Lipinski definition) is 2. The van der Waals surface area contributed by atoms with Crippen LogP contribution in [0, 0.1) is 5.92 Å².